The molecule has 1 aromatic carbocycles. The maximum absolute atomic E-state index is 12.3. The fourth-order valence-corrected chi connectivity index (χ4v) is 2.98. The molecule has 132 valence electrons. The van der Waals surface area contributed by atoms with Crippen molar-refractivity contribution in [1.29, 1.82) is 0 Å². The summed E-state index contributed by atoms with van der Waals surface area (Å²) < 4.78 is 5.21. The second kappa shape index (κ2) is 7.65. The van der Waals surface area contributed by atoms with Crippen molar-refractivity contribution in [3.63, 3.8) is 0 Å². The Bertz CT molecular complexity index is 752. The predicted molar refractivity (Wildman–Crippen MR) is 91.6 cm³/mol. The Morgan fingerprint density at radius 3 is 2.56 bits per heavy atom. The normalized spacial score (nSPS) is 15.3. The van der Waals surface area contributed by atoms with E-state index >= 15 is 0 Å². The van der Waals surface area contributed by atoms with Crippen LogP contribution in [0.3, 0.4) is 0 Å². The molecule has 25 heavy (non-hydrogen) atoms. The molecule has 2 heterocycles. The molecular weight excluding hydrogens is 344 g/mol. The minimum atomic E-state index is -0.285. The van der Waals surface area contributed by atoms with E-state index in [1.165, 1.54) is 0 Å². The third kappa shape index (κ3) is 4.36. The summed E-state index contributed by atoms with van der Waals surface area (Å²) in [4.78, 5) is 29.5. The first-order valence-electron chi connectivity index (χ1n) is 8.18. The number of piperidine rings is 1. The summed E-state index contributed by atoms with van der Waals surface area (Å²) in [5.41, 5.74) is 6.11. The summed E-state index contributed by atoms with van der Waals surface area (Å²) in [7, 11) is 0. The van der Waals surface area contributed by atoms with Crippen LogP contribution in [0.1, 0.15) is 25.2 Å². The zero-order valence-electron chi connectivity index (χ0n) is 13.7. The van der Waals surface area contributed by atoms with Crippen LogP contribution in [0.4, 0.5) is 0 Å². The highest BCUT2D eigenvalue weighted by Crippen LogP contribution is 2.20. The summed E-state index contributed by atoms with van der Waals surface area (Å²) >= 11 is 5.86. The number of nitrogens with two attached hydrogens (primary N) is 1. The molecule has 1 aliphatic rings. The summed E-state index contributed by atoms with van der Waals surface area (Å²) in [5, 5.41) is 4.57. The van der Waals surface area contributed by atoms with Crippen LogP contribution in [-0.2, 0) is 16.0 Å². The first kappa shape index (κ1) is 17.4. The Morgan fingerprint density at radius 2 is 1.92 bits per heavy atom. The number of primary amides is 1. The second-order valence-electron chi connectivity index (χ2n) is 6.08. The van der Waals surface area contributed by atoms with Crippen LogP contribution >= 0.6 is 11.6 Å². The summed E-state index contributed by atoms with van der Waals surface area (Å²) in [6.07, 6.45) is 1.93. The van der Waals surface area contributed by atoms with Gasteiger partial charge >= 0.3 is 0 Å². The van der Waals surface area contributed by atoms with Crippen molar-refractivity contribution in [3.05, 3.63) is 35.2 Å². The molecule has 0 aliphatic carbocycles. The third-order valence-corrected chi connectivity index (χ3v) is 4.63. The van der Waals surface area contributed by atoms with Gasteiger partial charge in [-0.1, -0.05) is 16.8 Å². The summed E-state index contributed by atoms with van der Waals surface area (Å²) in [6.45, 7) is 1.12. The van der Waals surface area contributed by atoms with Crippen molar-refractivity contribution >= 4 is 23.4 Å². The topological polar surface area (TPSA) is 102 Å². The van der Waals surface area contributed by atoms with Crippen molar-refractivity contribution in [2.24, 2.45) is 11.7 Å². The molecule has 0 saturated carbocycles. The third-order valence-electron chi connectivity index (χ3n) is 4.37. The van der Waals surface area contributed by atoms with Crippen LogP contribution in [0.5, 0.6) is 0 Å². The van der Waals surface area contributed by atoms with Gasteiger partial charge < -0.3 is 15.2 Å². The zero-order valence-corrected chi connectivity index (χ0v) is 14.4. The number of carbonyl (C=O) groups excluding carboxylic acids is 2. The van der Waals surface area contributed by atoms with Gasteiger partial charge in [-0.3, -0.25) is 9.59 Å². The zero-order chi connectivity index (χ0) is 17.8. The van der Waals surface area contributed by atoms with Crippen molar-refractivity contribution in [1.82, 2.24) is 15.0 Å². The van der Waals surface area contributed by atoms with Crippen molar-refractivity contribution < 1.29 is 14.1 Å². The quantitative estimate of drug-likeness (QED) is 0.876. The van der Waals surface area contributed by atoms with Crippen LogP contribution in [0.15, 0.2) is 28.8 Å². The predicted octanol–water partition coefficient (Wildman–Crippen LogP) is 2.05. The van der Waals surface area contributed by atoms with E-state index in [-0.39, 0.29) is 17.7 Å². The highest BCUT2D eigenvalue weighted by Gasteiger charge is 2.25. The number of aryl methyl sites for hydroxylation is 1. The highest BCUT2D eigenvalue weighted by atomic mass is 35.5. The molecular formula is C17H19ClN4O3. The molecule has 0 unspecified atom stereocenters. The van der Waals surface area contributed by atoms with Gasteiger partial charge in [0.2, 0.25) is 23.5 Å². The number of halogens is 1. The van der Waals surface area contributed by atoms with E-state index in [9.17, 15) is 9.59 Å². The molecule has 1 fully saturated rings. The largest absolute Gasteiger partial charge is 0.369 e. The number of amides is 2. The Balaban J connectivity index is 1.51. The van der Waals surface area contributed by atoms with Gasteiger partial charge in [0.1, 0.15) is 0 Å². The molecule has 0 spiro atoms. The van der Waals surface area contributed by atoms with Gasteiger partial charge in [0, 0.05) is 42.4 Å². The van der Waals surface area contributed by atoms with Gasteiger partial charge in [-0.05, 0) is 37.1 Å². The number of benzene rings is 1. The van der Waals surface area contributed by atoms with Crippen LogP contribution in [-0.4, -0.2) is 39.9 Å². The van der Waals surface area contributed by atoms with E-state index in [2.05, 4.69) is 10.1 Å². The minimum absolute atomic E-state index is 0.0224. The number of carbonyl (C=O) groups is 2. The van der Waals surface area contributed by atoms with Crippen molar-refractivity contribution in [2.75, 3.05) is 13.1 Å². The number of rotatable bonds is 5. The molecule has 0 atom stereocenters. The molecule has 7 nitrogen and oxygen atoms in total. The van der Waals surface area contributed by atoms with E-state index in [4.69, 9.17) is 21.9 Å². The number of hydrogen-bond donors (Lipinski definition) is 1. The average molecular weight is 363 g/mol. The van der Waals surface area contributed by atoms with Gasteiger partial charge in [0.25, 0.3) is 0 Å². The van der Waals surface area contributed by atoms with Gasteiger partial charge in [0.15, 0.2) is 0 Å². The smallest absolute Gasteiger partial charge is 0.227 e. The first-order chi connectivity index (χ1) is 12.0. The Hall–Kier alpha value is -2.41. The monoisotopic (exact) mass is 362 g/mol. The SMILES string of the molecule is NC(=O)C1CCN(C(=O)CCc2nc(-c3ccc(Cl)cc3)no2)CC1. The second-order valence-corrected chi connectivity index (χ2v) is 6.51. The lowest BCUT2D eigenvalue weighted by molar-refractivity contribution is -0.134. The molecule has 8 heteroatoms. The fourth-order valence-electron chi connectivity index (χ4n) is 2.86. The standard InChI is InChI=1S/C17H19ClN4O3/c18-13-3-1-12(2-4-13)17-20-14(25-21-17)5-6-15(23)22-9-7-11(8-10-22)16(19)24/h1-4,11H,5-10H2,(H2,19,24). The Labute approximate surface area is 150 Å². The van der Waals surface area contributed by atoms with Crippen LogP contribution in [0, 0.1) is 5.92 Å². The minimum Gasteiger partial charge on any atom is -0.369 e. The molecule has 3 rings (SSSR count). The number of aromatic nitrogens is 2. The highest BCUT2D eigenvalue weighted by molar-refractivity contribution is 6.30. The van der Waals surface area contributed by atoms with E-state index in [1.54, 1.807) is 17.0 Å². The lowest BCUT2D eigenvalue weighted by Crippen LogP contribution is -2.41. The molecule has 2 amide bonds. The Morgan fingerprint density at radius 1 is 1.24 bits per heavy atom. The van der Waals surface area contributed by atoms with E-state index in [0.29, 0.717) is 55.5 Å². The Kier molecular flexibility index (Phi) is 5.33. The first-order valence-corrected chi connectivity index (χ1v) is 8.56. The van der Waals surface area contributed by atoms with Crippen LogP contribution < -0.4 is 5.73 Å². The molecule has 0 radical (unpaired) electrons. The van der Waals surface area contributed by atoms with E-state index in [1.807, 2.05) is 12.1 Å². The average Bonchev–Trinajstić information content (AvgIpc) is 3.09. The number of hydrogen-bond acceptors (Lipinski definition) is 5. The van der Waals surface area contributed by atoms with E-state index < -0.39 is 0 Å². The molecule has 2 N–H and O–H groups in total. The number of nitrogens with zero attached hydrogens (tertiary/aromatic N) is 3. The molecule has 1 aromatic heterocycles. The number of likely N-dealkylation sites (tertiary alicyclic amines) is 1. The van der Waals surface area contributed by atoms with Gasteiger partial charge in [0.05, 0.1) is 0 Å². The van der Waals surface area contributed by atoms with Gasteiger partial charge in [-0.15, -0.1) is 0 Å². The lowest BCUT2D eigenvalue weighted by atomic mass is 9.96. The van der Waals surface area contributed by atoms with Crippen LogP contribution in [0.25, 0.3) is 11.4 Å². The maximum atomic E-state index is 12.3. The lowest BCUT2D eigenvalue weighted by Gasteiger charge is -2.30. The van der Waals surface area contributed by atoms with Crippen LogP contribution in [0.2, 0.25) is 5.02 Å². The molecule has 0 bridgehead atoms. The van der Waals surface area contributed by atoms with Crippen molar-refractivity contribution in [3.8, 4) is 11.4 Å². The maximum Gasteiger partial charge on any atom is 0.227 e. The summed E-state index contributed by atoms with van der Waals surface area (Å²) in [6, 6.07) is 7.13. The summed E-state index contributed by atoms with van der Waals surface area (Å²) in [5.74, 6) is 0.510. The fraction of sp³-hybridized carbons (Fsp3) is 0.412. The molecule has 1 aliphatic heterocycles. The van der Waals surface area contributed by atoms with Gasteiger partial charge in [-0.2, -0.15) is 4.98 Å². The molecule has 2 aromatic rings. The molecule has 1 saturated heterocycles. The van der Waals surface area contributed by atoms with Gasteiger partial charge in [-0.25, -0.2) is 0 Å². The van der Waals surface area contributed by atoms with E-state index in [0.717, 1.165) is 5.56 Å². The van der Waals surface area contributed by atoms with Crippen molar-refractivity contribution in [2.45, 2.75) is 25.7 Å².